The van der Waals surface area contributed by atoms with Crippen LogP contribution >= 0.6 is 0 Å². The Bertz CT molecular complexity index is 3410. The average Bonchev–Trinajstić information content (AvgIpc) is 3.54. The number of aromatic nitrogens is 1. The molecule has 0 amide bonds. The summed E-state index contributed by atoms with van der Waals surface area (Å²) in [4.78, 5) is 2.52. The van der Waals surface area contributed by atoms with Crippen molar-refractivity contribution in [2.24, 2.45) is 0 Å². The minimum atomic E-state index is -0.0260. The van der Waals surface area contributed by atoms with Crippen molar-refractivity contribution in [3.8, 4) is 33.4 Å². The molecule has 1 aromatic heterocycles. The Morgan fingerprint density at radius 3 is 1.71 bits per heavy atom. The zero-order valence-electron chi connectivity index (χ0n) is 34.4. The van der Waals surface area contributed by atoms with E-state index in [1.54, 1.807) is 0 Å². The molecule has 0 fully saturated rings. The topological polar surface area (TPSA) is 8.17 Å². The van der Waals surface area contributed by atoms with Gasteiger partial charge in [-0.1, -0.05) is 102 Å². The lowest BCUT2D eigenvalue weighted by atomic mass is 9.45. The second-order valence-corrected chi connectivity index (χ2v) is 17.3. The van der Waals surface area contributed by atoms with Gasteiger partial charge in [0.2, 0.25) is 0 Å². The summed E-state index contributed by atoms with van der Waals surface area (Å²) in [6.45, 7) is 13.5. The zero-order chi connectivity index (χ0) is 39.8. The van der Waals surface area contributed by atoms with Gasteiger partial charge >= 0.3 is 6.85 Å². The Hall–Kier alpha value is -6.84. The second-order valence-electron chi connectivity index (χ2n) is 17.3. The van der Waals surface area contributed by atoms with E-state index >= 15 is 0 Å². The Balaban J connectivity index is 1.23. The quantitative estimate of drug-likeness (QED) is 0.129. The van der Waals surface area contributed by atoms with Crippen LogP contribution in [0.3, 0.4) is 0 Å². The number of hydrogen-bond acceptors (Lipinski definition) is 1. The Labute approximate surface area is 346 Å². The molecule has 59 heavy (non-hydrogen) atoms. The maximum Gasteiger partial charge on any atom is 0.333 e. The molecule has 2 aliphatic rings. The summed E-state index contributed by atoms with van der Waals surface area (Å²) in [6, 6.07) is 58.0. The van der Waals surface area contributed by atoms with Gasteiger partial charge in [-0.3, -0.25) is 0 Å². The van der Waals surface area contributed by atoms with Crippen LogP contribution in [0.5, 0.6) is 0 Å². The molecule has 0 unspecified atom stereocenters. The lowest BCUT2D eigenvalue weighted by Gasteiger charge is -2.40. The number of anilines is 3. The molecule has 0 saturated carbocycles. The smallest absolute Gasteiger partial charge is 0.333 e. The molecule has 0 radical (unpaired) electrons. The van der Waals surface area contributed by atoms with Gasteiger partial charge in [0.15, 0.2) is 0 Å². The second kappa shape index (κ2) is 12.3. The summed E-state index contributed by atoms with van der Waals surface area (Å²) in [7, 11) is 0. The number of rotatable bonds is 3. The van der Waals surface area contributed by atoms with Crippen molar-refractivity contribution in [3.63, 3.8) is 0 Å². The molecule has 280 valence electrons. The molecule has 0 aliphatic carbocycles. The number of aryl methyl sites for hydroxylation is 6. The van der Waals surface area contributed by atoms with Gasteiger partial charge in [-0.25, -0.2) is 0 Å². The number of fused-ring (bicyclic) bond motifs is 9. The zero-order valence-corrected chi connectivity index (χ0v) is 34.4. The summed E-state index contributed by atoms with van der Waals surface area (Å²) in [6.07, 6.45) is 0. The number of nitrogens with zero attached hydrogens (tertiary/aromatic N) is 2. The fraction of sp³-hybridized carbons (Fsp3) is 0.107. The summed E-state index contributed by atoms with van der Waals surface area (Å²) in [5.41, 5.74) is 24.6. The minimum Gasteiger partial charge on any atom is -0.375 e. The average molecular weight is 755 g/mol. The van der Waals surface area contributed by atoms with Gasteiger partial charge < -0.3 is 9.38 Å². The largest absolute Gasteiger partial charge is 0.375 e. The van der Waals surface area contributed by atoms with Crippen LogP contribution in [0.4, 0.5) is 17.1 Å². The molecule has 10 aromatic rings. The van der Waals surface area contributed by atoms with E-state index in [1.807, 2.05) is 0 Å². The van der Waals surface area contributed by atoms with Crippen LogP contribution < -0.4 is 15.8 Å². The number of para-hydroxylation sites is 1. The van der Waals surface area contributed by atoms with E-state index in [4.69, 9.17) is 0 Å². The van der Waals surface area contributed by atoms with E-state index in [9.17, 15) is 0 Å². The predicted octanol–water partition coefficient (Wildman–Crippen LogP) is 13.7. The third-order valence-electron chi connectivity index (χ3n) is 13.4. The number of benzene rings is 9. The first-order valence-electron chi connectivity index (χ1n) is 20.9. The Morgan fingerprint density at radius 2 is 1.03 bits per heavy atom. The molecule has 9 aromatic carbocycles. The van der Waals surface area contributed by atoms with Crippen LogP contribution in [-0.2, 0) is 0 Å². The van der Waals surface area contributed by atoms with E-state index < -0.39 is 0 Å². The molecule has 0 spiro atoms. The van der Waals surface area contributed by atoms with Crippen LogP contribution in [0.1, 0.15) is 33.4 Å². The number of hydrogen-bond donors (Lipinski definition) is 0. The van der Waals surface area contributed by atoms with Gasteiger partial charge in [0.25, 0.3) is 0 Å². The van der Waals surface area contributed by atoms with Gasteiger partial charge in [-0.2, -0.15) is 0 Å². The highest BCUT2D eigenvalue weighted by Gasteiger charge is 2.43. The van der Waals surface area contributed by atoms with Gasteiger partial charge in [0.05, 0.1) is 0 Å². The maximum absolute atomic E-state index is 2.71. The lowest BCUT2D eigenvalue weighted by molar-refractivity contribution is 1.26. The van der Waals surface area contributed by atoms with Crippen LogP contribution in [0.2, 0.25) is 0 Å². The van der Waals surface area contributed by atoms with E-state index in [0.29, 0.717) is 0 Å². The van der Waals surface area contributed by atoms with Crippen molar-refractivity contribution < 1.29 is 0 Å². The van der Waals surface area contributed by atoms with Crippen molar-refractivity contribution in [1.82, 2.24) is 4.48 Å². The molecular formula is C56H43BN2. The Kier molecular flexibility index (Phi) is 7.16. The third kappa shape index (κ3) is 4.88. The normalized spacial score (nSPS) is 12.8. The van der Waals surface area contributed by atoms with E-state index in [1.165, 1.54) is 138 Å². The molecule has 0 atom stereocenters. The van der Waals surface area contributed by atoms with E-state index in [0.717, 1.165) is 0 Å². The molecule has 0 N–H and O–H groups in total. The first-order chi connectivity index (χ1) is 28.7. The van der Waals surface area contributed by atoms with E-state index in [-0.39, 0.29) is 6.85 Å². The Morgan fingerprint density at radius 1 is 0.424 bits per heavy atom. The first kappa shape index (κ1) is 34.2. The van der Waals surface area contributed by atoms with Gasteiger partial charge in [0.1, 0.15) is 0 Å². The SMILES string of the molecule is Cc1cc(C)c(-c2ccc3c(c2)c2cc(-c4c(C)cc(C)cc4C)cc4c2n3B2c3cc5cc6ccccc6cc5cc3N(c3ccccc3)c3cccc-4c32)c(C)c1. The van der Waals surface area contributed by atoms with Crippen LogP contribution in [-0.4, -0.2) is 11.3 Å². The predicted molar refractivity (Wildman–Crippen MR) is 254 cm³/mol. The highest BCUT2D eigenvalue weighted by Crippen LogP contribution is 2.48. The minimum absolute atomic E-state index is 0.0260. The van der Waals surface area contributed by atoms with Crippen molar-refractivity contribution in [3.05, 3.63) is 185 Å². The van der Waals surface area contributed by atoms with Gasteiger partial charge in [-0.15, -0.1) is 0 Å². The van der Waals surface area contributed by atoms with Gasteiger partial charge in [-0.05, 0) is 185 Å². The van der Waals surface area contributed by atoms with Crippen molar-refractivity contribution in [2.45, 2.75) is 41.5 Å². The molecular weight excluding hydrogens is 711 g/mol. The molecule has 12 rings (SSSR count). The summed E-state index contributed by atoms with van der Waals surface area (Å²) >= 11 is 0. The van der Waals surface area contributed by atoms with Crippen LogP contribution in [0, 0.1) is 41.5 Å². The standard InChI is InChI=1S/C56H43BN2/c1-32-21-34(3)53(35(4)22-32)40-19-20-50-46(27-40)48-29-43(54-36(5)23-33(2)24-37(54)6)28-47-45-17-12-18-51-55(45)57(59(50)56(47)48)49-30-41-25-38-13-10-11-14-39(38)26-42(41)31-52(49)58(51)44-15-8-7-9-16-44/h7-31H,1-6H3. The first-order valence-corrected chi connectivity index (χ1v) is 20.9. The van der Waals surface area contributed by atoms with Crippen molar-refractivity contribution in [1.29, 1.82) is 0 Å². The molecule has 2 aliphatic heterocycles. The van der Waals surface area contributed by atoms with Gasteiger partial charge in [0, 0.05) is 44.4 Å². The molecule has 0 saturated heterocycles. The lowest BCUT2D eigenvalue weighted by Crippen LogP contribution is -2.56. The molecule has 3 heteroatoms. The summed E-state index contributed by atoms with van der Waals surface area (Å²) in [5.74, 6) is 0. The highest BCUT2D eigenvalue weighted by molar-refractivity contribution is 6.90. The molecule has 3 heterocycles. The summed E-state index contributed by atoms with van der Waals surface area (Å²) in [5, 5.41) is 7.66. The maximum atomic E-state index is 2.71. The van der Waals surface area contributed by atoms with Crippen LogP contribution in [0.15, 0.2) is 152 Å². The van der Waals surface area contributed by atoms with Crippen molar-refractivity contribution in [2.75, 3.05) is 4.90 Å². The highest BCUT2D eigenvalue weighted by atomic mass is 15.2. The fourth-order valence-electron chi connectivity index (χ4n) is 11.3. The van der Waals surface area contributed by atoms with E-state index in [2.05, 4.69) is 203 Å². The van der Waals surface area contributed by atoms with Crippen LogP contribution in [0.25, 0.3) is 76.7 Å². The molecule has 2 nitrogen and oxygen atoms in total. The molecule has 0 bridgehead atoms. The monoisotopic (exact) mass is 754 g/mol. The van der Waals surface area contributed by atoms with Crippen molar-refractivity contribution >= 4 is 78.2 Å². The fourth-order valence-corrected chi connectivity index (χ4v) is 11.3. The third-order valence-corrected chi connectivity index (χ3v) is 13.4. The summed E-state index contributed by atoms with van der Waals surface area (Å²) < 4.78 is 2.71.